The van der Waals surface area contributed by atoms with Crippen molar-refractivity contribution in [2.24, 2.45) is 5.92 Å². The van der Waals surface area contributed by atoms with Crippen LogP contribution in [0, 0.1) is 5.92 Å². The van der Waals surface area contributed by atoms with Gasteiger partial charge in [0, 0.05) is 30.5 Å². The number of benzene rings is 3. The zero-order valence-corrected chi connectivity index (χ0v) is 22.1. The standard InChI is InChI=1S/C33H39N3O2.CH4/c37-32(24-31(26-9-3-1-4-10-26)27-11-5-2-6-12-27)34-19-8-20-36-21-17-25(18-22-36)29-13-7-14-30(23-29)35-33(38)28-15-16-28;/h1-7,9-14,23,25,28,31H,8,15-22,24H2,(H,34,37)(H,35,38);1H4. The fourth-order valence-corrected chi connectivity index (χ4v) is 5.54. The number of nitrogens with zero attached hydrogens (tertiary/aromatic N) is 1. The summed E-state index contributed by atoms with van der Waals surface area (Å²) in [6, 6.07) is 29.0. The molecule has 0 radical (unpaired) electrons. The molecule has 0 aromatic heterocycles. The first-order valence-corrected chi connectivity index (χ1v) is 14.2. The molecule has 1 saturated heterocycles. The second-order valence-electron chi connectivity index (χ2n) is 10.8. The molecule has 2 amide bonds. The molecule has 206 valence electrons. The van der Waals surface area contributed by atoms with Crippen LogP contribution in [0.5, 0.6) is 0 Å². The molecular formula is C34H43N3O2. The van der Waals surface area contributed by atoms with Gasteiger partial charge in [-0.1, -0.05) is 80.2 Å². The first kappa shape index (κ1) is 28.6. The lowest BCUT2D eigenvalue weighted by Crippen LogP contribution is -2.35. The van der Waals surface area contributed by atoms with Gasteiger partial charge in [0.25, 0.3) is 0 Å². The van der Waals surface area contributed by atoms with Crippen LogP contribution in [0.1, 0.15) is 74.5 Å². The average molecular weight is 526 g/mol. The monoisotopic (exact) mass is 525 g/mol. The molecular weight excluding hydrogens is 482 g/mol. The lowest BCUT2D eigenvalue weighted by molar-refractivity contribution is -0.121. The number of carbonyl (C=O) groups is 2. The summed E-state index contributed by atoms with van der Waals surface area (Å²) in [5, 5.41) is 6.24. The van der Waals surface area contributed by atoms with E-state index in [1.807, 2.05) is 42.5 Å². The summed E-state index contributed by atoms with van der Waals surface area (Å²) in [6.45, 7) is 3.85. The molecule has 3 aromatic rings. The molecule has 1 aliphatic carbocycles. The fourth-order valence-electron chi connectivity index (χ4n) is 5.54. The molecule has 5 nitrogen and oxygen atoms in total. The van der Waals surface area contributed by atoms with E-state index in [1.165, 1.54) is 16.7 Å². The van der Waals surface area contributed by atoms with Crippen molar-refractivity contribution in [2.45, 2.75) is 57.8 Å². The van der Waals surface area contributed by atoms with Crippen molar-refractivity contribution in [3.8, 4) is 0 Å². The minimum absolute atomic E-state index is 0. The second-order valence-corrected chi connectivity index (χ2v) is 10.8. The van der Waals surface area contributed by atoms with E-state index in [9.17, 15) is 9.59 Å². The zero-order valence-electron chi connectivity index (χ0n) is 22.1. The highest BCUT2D eigenvalue weighted by molar-refractivity contribution is 5.94. The highest BCUT2D eigenvalue weighted by atomic mass is 16.2. The van der Waals surface area contributed by atoms with Gasteiger partial charge in [0.05, 0.1) is 0 Å². The average Bonchev–Trinajstić information content (AvgIpc) is 3.82. The summed E-state index contributed by atoms with van der Waals surface area (Å²) in [5.74, 6) is 1.10. The number of rotatable bonds is 11. The van der Waals surface area contributed by atoms with Gasteiger partial charge in [0.2, 0.25) is 11.8 Å². The highest BCUT2D eigenvalue weighted by Crippen LogP contribution is 2.32. The van der Waals surface area contributed by atoms with Crippen LogP contribution in [-0.4, -0.2) is 42.9 Å². The van der Waals surface area contributed by atoms with Gasteiger partial charge < -0.3 is 15.5 Å². The maximum atomic E-state index is 12.8. The van der Waals surface area contributed by atoms with Crippen LogP contribution in [-0.2, 0) is 9.59 Å². The number of carbonyl (C=O) groups excluding carboxylic acids is 2. The summed E-state index contributed by atoms with van der Waals surface area (Å²) in [6.07, 6.45) is 5.72. The van der Waals surface area contributed by atoms with Crippen LogP contribution in [0.4, 0.5) is 5.69 Å². The van der Waals surface area contributed by atoms with Gasteiger partial charge in [-0.25, -0.2) is 0 Å². The third-order valence-corrected chi connectivity index (χ3v) is 7.93. The van der Waals surface area contributed by atoms with Crippen LogP contribution in [0.2, 0.25) is 0 Å². The van der Waals surface area contributed by atoms with E-state index in [-0.39, 0.29) is 31.1 Å². The van der Waals surface area contributed by atoms with E-state index in [2.05, 4.69) is 58.0 Å². The number of hydrogen-bond acceptors (Lipinski definition) is 3. The van der Waals surface area contributed by atoms with Crippen molar-refractivity contribution in [1.82, 2.24) is 10.2 Å². The summed E-state index contributed by atoms with van der Waals surface area (Å²) in [5.41, 5.74) is 4.61. The largest absolute Gasteiger partial charge is 0.356 e. The molecule has 0 atom stereocenters. The van der Waals surface area contributed by atoms with Gasteiger partial charge in [-0.2, -0.15) is 0 Å². The molecule has 0 bridgehead atoms. The Bertz CT molecular complexity index is 1150. The van der Waals surface area contributed by atoms with Crippen LogP contribution < -0.4 is 10.6 Å². The van der Waals surface area contributed by atoms with Crippen LogP contribution >= 0.6 is 0 Å². The maximum absolute atomic E-state index is 12.8. The van der Waals surface area contributed by atoms with E-state index in [1.54, 1.807) is 0 Å². The van der Waals surface area contributed by atoms with Gasteiger partial charge in [-0.05, 0) is 86.5 Å². The highest BCUT2D eigenvalue weighted by Gasteiger charge is 2.29. The van der Waals surface area contributed by atoms with Gasteiger partial charge >= 0.3 is 0 Å². The molecule has 1 aliphatic heterocycles. The molecule has 5 rings (SSSR count). The Labute approximate surface area is 234 Å². The van der Waals surface area contributed by atoms with E-state index in [0.29, 0.717) is 18.9 Å². The van der Waals surface area contributed by atoms with Crippen LogP contribution in [0.15, 0.2) is 84.9 Å². The number of nitrogens with one attached hydrogen (secondary N) is 2. The molecule has 2 fully saturated rings. The lowest BCUT2D eigenvalue weighted by Gasteiger charge is -2.32. The molecule has 2 N–H and O–H groups in total. The quantitative estimate of drug-likeness (QED) is 0.278. The third kappa shape index (κ3) is 8.27. The Morgan fingerprint density at radius 3 is 2.08 bits per heavy atom. The summed E-state index contributed by atoms with van der Waals surface area (Å²) < 4.78 is 0. The van der Waals surface area contributed by atoms with Gasteiger partial charge in [0.15, 0.2) is 0 Å². The molecule has 0 spiro atoms. The zero-order chi connectivity index (χ0) is 26.2. The number of likely N-dealkylation sites (tertiary alicyclic amines) is 1. The van der Waals surface area contributed by atoms with Gasteiger partial charge in [-0.3, -0.25) is 9.59 Å². The number of hydrogen-bond donors (Lipinski definition) is 2. The SMILES string of the molecule is C.O=C(CC(c1ccccc1)c1ccccc1)NCCCN1CCC(c2cccc(NC(=O)C3CC3)c2)CC1. The summed E-state index contributed by atoms with van der Waals surface area (Å²) in [7, 11) is 0. The molecule has 1 saturated carbocycles. The van der Waals surface area contributed by atoms with Crippen LogP contribution in [0.25, 0.3) is 0 Å². The van der Waals surface area contributed by atoms with E-state index >= 15 is 0 Å². The predicted molar refractivity (Wildman–Crippen MR) is 160 cm³/mol. The number of anilines is 1. The number of piperidine rings is 1. The molecule has 0 unspecified atom stereocenters. The minimum Gasteiger partial charge on any atom is -0.356 e. The second kappa shape index (κ2) is 14.1. The van der Waals surface area contributed by atoms with Crippen molar-refractivity contribution >= 4 is 17.5 Å². The van der Waals surface area contributed by atoms with Crippen LogP contribution in [0.3, 0.4) is 0 Å². The Hall–Kier alpha value is -3.44. The Morgan fingerprint density at radius 2 is 1.46 bits per heavy atom. The smallest absolute Gasteiger partial charge is 0.227 e. The fraction of sp³-hybridized carbons (Fsp3) is 0.412. The summed E-state index contributed by atoms with van der Waals surface area (Å²) >= 11 is 0. The topological polar surface area (TPSA) is 61.4 Å². The lowest BCUT2D eigenvalue weighted by atomic mass is 9.88. The van der Waals surface area contributed by atoms with Crippen molar-refractivity contribution in [1.29, 1.82) is 0 Å². The minimum atomic E-state index is 0. The number of amides is 2. The van der Waals surface area contributed by atoms with E-state index in [0.717, 1.165) is 57.4 Å². The first-order valence-electron chi connectivity index (χ1n) is 14.2. The first-order chi connectivity index (χ1) is 18.7. The van der Waals surface area contributed by atoms with Crippen molar-refractivity contribution in [2.75, 3.05) is 31.5 Å². The predicted octanol–water partition coefficient (Wildman–Crippen LogP) is 6.58. The Balaban J connectivity index is 0.00000353. The Kier molecular flexibility index (Phi) is 10.3. The molecule has 39 heavy (non-hydrogen) atoms. The molecule has 1 heterocycles. The Morgan fingerprint density at radius 1 is 0.821 bits per heavy atom. The van der Waals surface area contributed by atoms with E-state index in [4.69, 9.17) is 0 Å². The van der Waals surface area contributed by atoms with Crippen molar-refractivity contribution < 1.29 is 9.59 Å². The van der Waals surface area contributed by atoms with Gasteiger partial charge in [-0.15, -0.1) is 0 Å². The third-order valence-electron chi connectivity index (χ3n) is 7.93. The molecule has 2 aliphatic rings. The normalized spacial score (nSPS) is 15.9. The molecule has 5 heteroatoms. The summed E-state index contributed by atoms with van der Waals surface area (Å²) in [4.78, 5) is 27.5. The molecule has 3 aromatic carbocycles. The van der Waals surface area contributed by atoms with Gasteiger partial charge in [0.1, 0.15) is 0 Å². The van der Waals surface area contributed by atoms with Crippen molar-refractivity contribution in [3.05, 3.63) is 102 Å². The van der Waals surface area contributed by atoms with Crippen molar-refractivity contribution in [3.63, 3.8) is 0 Å². The van der Waals surface area contributed by atoms with E-state index < -0.39 is 0 Å². The maximum Gasteiger partial charge on any atom is 0.227 e.